The van der Waals surface area contributed by atoms with Crippen LogP contribution in [0.25, 0.3) is 0 Å². The summed E-state index contributed by atoms with van der Waals surface area (Å²) in [6.07, 6.45) is 0.659. The number of benzene rings is 2. The highest BCUT2D eigenvalue weighted by molar-refractivity contribution is 5.98. The van der Waals surface area contributed by atoms with Crippen molar-refractivity contribution < 1.29 is 14.3 Å². The molecule has 1 amide bonds. The van der Waals surface area contributed by atoms with Gasteiger partial charge in [0.15, 0.2) is 0 Å². The molecule has 0 atom stereocenters. The molecule has 6 nitrogen and oxygen atoms in total. The van der Waals surface area contributed by atoms with Gasteiger partial charge in [0.05, 0.1) is 0 Å². The Kier molecular flexibility index (Phi) is 5.93. The number of nitrogens with one attached hydrogen (secondary N) is 1. The van der Waals surface area contributed by atoms with Crippen LogP contribution in [0.5, 0.6) is 0 Å². The van der Waals surface area contributed by atoms with E-state index in [0.717, 1.165) is 16.7 Å². The van der Waals surface area contributed by atoms with Crippen LogP contribution < -0.4 is 5.73 Å². The quantitative estimate of drug-likeness (QED) is 0.356. The molecule has 154 valence electrons. The smallest absolute Gasteiger partial charge is 0.326 e. The molecule has 1 aliphatic rings. The molecule has 3 rings (SSSR count). The summed E-state index contributed by atoms with van der Waals surface area (Å²) in [6.45, 7) is 5.83. The van der Waals surface area contributed by atoms with E-state index in [1.807, 2.05) is 24.3 Å². The molecule has 2 aromatic rings. The van der Waals surface area contributed by atoms with Gasteiger partial charge in [-0.1, -0.05) is 24.0 Å². The number of nitrogens with two attached hydrogens (primary N) is 1. The van der Waals surface area contributed by atoms with Crippen LogP contribution in [0, 0.1) is 17.3 Å². The predicted octanol–water partition coefficient (Wildman–Crippen LogP) is 2.71. The third kappa shape index (κ3) is 5.26. The number of rotatable bonds is 3. The van der Waals surface area contributed by atoms with Gasteiger partial charge in [0, 0.05) is 28.8 Å². The number of carbonyl (C=O) groups excluding carboxylic acids is 2. The van der Waals surface area contributed by atoms with Crippen LogP contribution in [0.2, 0.25) is 0 Å². The summed E-state index contributed by atoms with van der Waals surface area (Å²) in [5.41, 5.74) is 8.70. The lowest BCUT2D eigenvalue weighted by Crippen LogP contribution is -2.42. The predicted molar refractivity (Wildman–Crippen MR) is 115 cm³/mol. The molecule has 0 aliphatic carbocycles. The number of amidine groups is 1. The van der Waals surface area contributed by atoms with Gasteiger partial charge in [-0.2, -0.15) is 0 Å². The van der Waals surface area contributed by atoms with E-state index in [1.54, 1.807) is 39.0 Å². The number of carbonyl (C=O) groups is 2. The average molecular weight is 403 g/mol. The normalized spacial score (nSPS) is 13.2. The fourth-order valence-corrected chi connectivity index (χ4v) is 3.17. The van der Waals surface area contributed by atoms with Gasteiger partial charge in [-0.3, -0.25) is 15.0 Å². The van der Waals surface area contributed by atoms with E-state index < -0.39 is 11.6 Å². The summed E-state index contributed by atoms with van der Waals surface area (Å²) in [5.74, 6) is 5.65. The first-order chi connectivity index (χ1) is 14.1. The minimum Gasteiger partial charge on any atom is -0.459 e. The Balaban J connectivity index is 1.71. The number of hydrogen-bond donors (Lipinski definition) is 2. The van der Waals surface area contributed by atoms with Gasteiger partial charge in [0.2, 0.25) is 0 Å². The Hall–Kier alpha value is -3.59. The van der Waals surface area contributed by atoms with Gasteiger partial charge >= 0.3 is 5.97 Å². The lowest BCUT2D eigenvalue weighted by molar-refractivity contribution is -0.155. The topological polar surface area (TPSA) is 96.5 Å². The van der Waals surface area contributed by atoms with E-state index in [4.69, 9.17) is 15.9 Å². The maximum Gasteiger partial charge on any atom is 0.326 e. The molecule has 30 heavy (non-hydrogen) atoms. The van der Waals surface area contributed by atoms with Crippen molar-refractivity contribution in [1.82, 2.24) is 4.90 Å². The molecule has 3 N–H and O–H groups in total. The van der Waals surface area contributed by atoms with E-state index in [0.29, 0.717) is 24.1 Å². The molecule has 0 saturated carbocycles. The van der Waals surface area contributed by atoms with Gasteiger partial charge in [-0.25, -0.2) is 0 Å². The number of amides is 1. The van der Waals surface area contributed by atoms with Crippen LogP contribution in [-0.4, -0.2) is 41.3 Å². The van der Waals surface area contributed by atoms with Gasteiger partial charge < -0.3 is 15.4 Å². The number of fused-ring (bicyclic) bond motifs is 1. The van der Waals surface area contributed by atoms with Crippen LogP contribution >= 0.6 is 0 Å². The number of esters is 1. The third-order valence-corrected chi connectivity index (χ3v) is 4.56. The van der Waals surface area contributed by atoms with Gasteiger partial charge in [0.25, 0.3) is 5.91 Å². The SMILES string of the molecule is CC(C)(C)OC(=O)CN1CCc2cc(C#Cc3ccc(C(=N)N)cc3)ccc2C1=O. The molecule has 0 saturated heterocycles. The van der Waals surface area contributed by atoms with Crippen molar-refractivity contribution in [2.45, 2.75) is 32.8 Å². The minimum atomic E-state index is -0.576. The Bertz CT molecular complexity index is 1050. The highest BCUT2D eigenvalue weighted by Gasteiger charge is 2.27. The van der Waals surface area contributed by atoms with Crippen LogP contribution in [0.3, 0.4) is 0 Å². The second kappa shape index (κ2) is 8.42. The van der Waals surface area contributed by atoms with Crippen molar-refractivity contribution >= 4 is 17.7 Å². The third-order valence-electron chi connectivity index (χ3n) is 4.56. The van der Waals surface area contributed by atoms with E-state index in [2.05, 4.69) is 11.8 Å². The molecular formula is C24H25N3O3. The molecule has 0 unspecified atom stereocenters. The second-order valence-corrected chi connectivity index (χ2v) is 8.18. The zero-order valence-electron chi connectivity index (χ0n) is 17.4. The fourth-order valence-electron chi connectivity index (χ4n) is 3.17. The standard InChI is InChI=1S/C24H25N3O3/c1-24(2,3)30-21(28)15-27-13-12-19-14-17(8-11-20(19)23(27)29)5-4-16-6-9-18(10-7-16)22(25)26/h6-11,14H,12-13,15H2,1-3H3,(H3,25,26). The molecule has 1 heterocycles. The van der Waals surface area contributed by atoms with E-state index in [9.17, 15) is 9.59 Å². The Labute approximate surface area is 176 Å². The maximum atomic E-state index is 12.7. The van der Waals surface area contributed by atoms with Crippen molar-refractivity contribution in [3.8, 4) is 11.8 Å². The van der Waals surface area contributed by atoms with Crippen molar-refractivity contribution in [3.63, 3.8) is 0 Å². The van der Waals surface area contributed by atoms with E-state index in [-0.39, 0.29) is 18.3 Å². The summed E-state index contributed by atoms with van der Waals surface area (Å²) < 4.78 is 5.32. The molecule has 0 aromatic heterocycles. The van der Waals surface area contributed by atoms with Gasteiger partial charge in [0.1, 0.15) is 18.0 Å². The van der Waals surface area contributed by atoms with Gasteiger partial charge in [-0.05, 0) is 63.1 Å². The van der Waals surface area contributed by atoms with Crippen molar-refractivity contribution in [2.24, 2.45) is 5.73 Å². The van der Waals surface area contributed by atoms with E-state index >= 15 is 0 Å². The summed E-state index contributed by atoms with van der Waals surface area (Å²) in [6, 6.07) is 12.7. The van der Waals surface area contributed by atoms with Crippen molar-refractivity contribution in [1.29, 1.82) is 5.41 Å². The highest BCUT2D eigenvalue weighted by Crippen LogP contribution is 2.21. The lowest BCUT2D eigenvalue weighted by atomic mass is 9.96. The fraction of sp³-hybridized carbons (Fsp3) is 0.292. The maximum absolute atomic E-state index is 12.7. The zero-order chi connectivity index (χ0) is 21.9. The molecule has 1 aliphatic heterocycles. The number of ether oxygens (including phenoxy) is 1. The van der Waals surface area contributed by atoms with Crippen LogP contribution in [0.15, 0.2) is 42.5 Å². The lowest BCUT2D eigenvalue weighted by Gasteiger charge is -2.29. The molecule has 6 heteroatoms. The summed E-state index contributed by atoms with van der Waals surface area (Å²) in [7, 11) is 0. The minimum absolute atomic E-state index is 0.0228. The summed E-state index contributed by atoms with van der Waals surface area (Å²) in [4.78, 5) is 26.3. The number of nitrogens with zero attached hydrogens (tertiary/aromatic N) is 1. The summed E-state index contributed by atoms with van der Waals surface area (Å²) >= 11 is 0. The average Bonchev–Trinajstić information content (AvgIpc) is 2.67. The van der Waals surface area contributed by atoms with Crippen LogP contribution in [0.4, 0.5) is 0 Å². The molecule has 2 aromatic carbocycles. The number of hydrogen-bond acceptors (Lipinski definition) is 4. The van der Waals surface area contributed by atoms with Crippen molar-refractivity contribution in [3.05, 3.63) is 70.3 Å². The number of nitrogen functional groups attached to an aromatic ring is 1. The van der Waals surface area contributed by atoms with Gasteiger partial charge in [-0.15, -0.1) is 0 Å². The zero-order valence-corrected chi connectivity index (χ0v) is 17.4. The summed E-state index contributed by atoms with van der Waals surface area (Å²) in [5, 5.41) is 7.42. The Morgan fingerprint density at radius 3 is 2.40 bits per heavy atom. The second-order valence-electron chi connectivity index (χ2n) is 8.18. The molecular weight excluding hydrogens is 378 g/mol. The molecule has 0 bridgehead atoms. The Morgan fingerprint density at radius 1 is 1.13 bits per heavy atom. The monoisotopic (exact) mass is 403 g/mol. The first-order valence-corrected chi connectivity index (χ1v) is 9.73. The van der Waals surface area contributed by atoms with Crippen LogP contribution in [-0.2, 0) is 16.0 Å². The molecule has 0 fully saturated rings. The van der Waals surface area contributed by atoms with Crippen LogP contribution in [0.1, 0.15) is 53.4 Å². The van der Waals surface area contributed by atoms with E-state index in [1.165, 1.54) is 4.90 Å². The van der Waals surface area contributed by atoms with Crippen molar-refractivity contribution in [2.75, 3.05) is 13.1 Å². The first kappa shape index (κ1) is 21.1. The molecule has 0 spiro atoms. The highest BCUT2D eigenvalue weighted by atomic mass is 16.6. The first-order valence-electron chi connectivity index (χ1n) is 9.73. The molecule has 0 radical (unpaired) electrons. The largest absolute Gasteiger partial charge is 0.459 e. The Morgan fingerprint density at radius 2 is 1.77 bits per heavy atom.